The van der Waals surface area contributed by atoms with E-state index in [0.717, 1.165) is 13.2 Å². The van der Waals surface area contributed by atoms with Crippen LogP contribution in [0, 0.1) is 0 Å². The number of hydrogen-bond acceptors (Lipinski definition) is 6. The Labute approximate surface area is 204 Å². The van der Waals surface area contributed by atoms with Crippen LogP contribution in [0.15, 0.2) is 55.2 Å². The van der Waals surface area contributed by atoms with Crippen LogP contribution >= 0.6 is 0 Å². The van der Waals surface area contributed by atoms with Crippen LogP contribution in [0.5, 0.6) is 11.6 Å². The van der Waals surface area contributed by atoms with Crippen LogP contribution in [-0.4, -0.2) is 56.6 Å². The average Bonchev–Trinajstić information content (AvgIpc) is 3.51. The van der Waals surface area contributed by atoms with Crippen molar-refractivity contribution < 1.29 is 27.4 Å². The van der Waals surface area contributed by atoms with Gasteiger partial charge in [0.05, 0.1) is 25.5 Å². The van der Waals surface area contributed by atoms with Crippen molar-refractivity contribution in [3.63, 3.8) is 0 Å². The highest BCUT2D eigenvalue weighted by Crippen LogP contribution is 2.39. The Morgan fingerprint density at radius 3 is 2.69 bits per heavy atom. The molecule has 36 heavy (non-hydrogen) atoms. The Hall–Kier alpha value is -4.15. The lowest BCUT2D eigenvalue weighted by Gasteiger charge is -2.17. The molecule has 1 aliphatic heterocycles. The van der Waals surface area contributed by atoms with Crippen LogP contribution in [0.25, 0.3) is 22.0 Å². The summed E-state index contributed by atoms with van der Waals surface area (Å²) < 4.78 is 53.3. The highest BCUT2D eigenvalue weighted by Gasteiger charge is 2.36. The first-order valence-corrected chi connectivity index (χ1v) is 11.2. The summed E-state index contributed by atoms with van der Waals surface area (Å²) in [5.41, 5.74) is 0.835. The van der Waals surface area contributed by atoms with Gasteiger partial charge < -0.3 is 18.9 Å². The van der Waals surface area contributed by atoms with Crippen LogP contribution in [0.1, 0.15) is 22.5 Å². The average molecular weight is 497 g/mol. The van der Waals surface area contributed by atoms with Crippen molar-refractivity contribution in [3.8, 4) is 22.8 Å². The Kier molecular flexibility index (Phi) is 5.99. The van der Waals surface area contributed by atoms with Crippen molar-refractivity contribution in [1.82, 2.24) is 24.4 Å². The van der Waals surface area contributed by atoms with Crippen LogP contribution in [-0.2, 0) is 13.2 Å². The van der Waals surface area contributed by atoms with Gasteiger partial charge in [-0.25, -0.2) is 9.97 Å². The van der Waals surface area contributed by atoms with Gasteiger partial charge in [0.1, 0.15) is 23.1 Å². The van der Waals surface area contributed by atoms with Crippen molar-refractivity contribution in [2.45, 2.75) is 18.7 Å². The molecule has 1 atom stereocenters. The van der Waals surface area contributed by atoms with Crippen molar-refractivity contribution in [3.05, 3.63) is 66.5 Å². The molecule has 5 rings (SSSR count). The summed E-state index contributed by atoms with van der Waals surface area (Å²) in [6, 6.07) is 7.92. The fourth-order valence-electron chi connectivity index (χ4n) is 4.30. The lowest BCUT2D eigenvalue weighted by atomic mass is 10.0. The number of pyridine rings is 2. The number of amides is 1. The topological polar surface area (TPSA) is 82.4 Å². The second-order valence-electron chi connectivity index (χ2n) is 8.52. The summed E-state index contributed by atoms with van der Waals surface area (Å²) in [5, 5.41) is 0.620. The maximum Gasteiger partial charge on any atom is 0.421 e. The molecule has 8 nitrogen and oxygen atoms in total. The summed E-state index contributed by atoms with van der Waals surface area (Å²) in [7, 11) is 2.95. The normalized spacial score (nSPS) is 15.9. The van der Waals surface area contributed by atoms with Gasteiger partial charge in [0.15, 0.2) is 0 Å². The van der Waals surface area contributed by atoms with Crippen LogP contribution in [0.4, 0.5) is 13.2 Å². The molecule has 1 saturated heterocycles. The molecule has 0 bridgehead atoms. The van der Waals surface area contributed by atoms with Crippen molar-refractivity contribution >= 4 is 16.8 Å². The quantitative estimate of drug-likeness (QED) is 0.408. The number of aromatic nitrogens is 4. The van der Waals surface area contributed by atoms with E-state index in [1.807, 2.05) is 0 Å². The number of nitrogens with zero attached hydrogens (tertiary/aromatic N) is 5. The van der Waals surface area contributed by atoms with E-state index in [2.05, 4.69) is 15.0 Å². The standard InChI is InChI=1S/C25H22F3N5O3/c1-32-13-22(31-14-32)24(34)33-8-6-17(12-33)36-16-3-4-21-19(10-16)18(5-7-29-21)15-9-20(25(26,27)28)23(35-2)30-11-15/h3-5,7,9-11,13-14,17H,6,8,12H2,1-2H3/t17-/m0/s1. The molecule has 0 spiro atoms. The van der Waals surface area contributed by atoms with E-state index in [0.29, 0.717) is 47.4 Å². The highest BCUT2D eigenvalue weighted by atomic mass is 19.4. The number of likely N-dealkylation sites (tertiary alicyclic amines) is 1. The van der Waals surface area contributed by atoms with Gasteiger partial charge >= 0.3 is 6.18 Å². The number of fused-ring (bicyclic) bond motifs is 1. The first-order chi connectivity index (χ1) is 17.2. The second-order valence-corrected chi connectivity index (χ2v) is 8.52. The van der Waals surface area contributed by atoms with Gasteiger partial charge in [-0.2, -0.15) is 13.2 Å². The first-order valence-electron chi connectivity index (χ1n) is 11.2. The van der Waals surface area contributed by atoms with Gasteiger partial charge in [0.2, 0.25) is 5.88 Å². The molecule has 3 aromatic heterocycles. The maximum absolute atomic E-state index is 13.5. The van der Waals surface area contributed by atoms with E-state index >= 15 is 0 Å². The number of ether oxygens (including phenoxy) is 2. The largest absolute Gasteiger partial charge is 0.488 e. The number of rotatable bonds is 5. The molecule has 11 heteroatoms. The minimum Gasteiger partial charge on any atom is -0.488 e. The van der Waals surface area contributed by atoms with E-state index in [4.69, 9.17) is 9.47 Å². The fraction of sp³-hybridized carbons (Fsp3) is 0.280. The minimum atomic E-state index is -4.62. The van der Waals surface area contributed by atoms with Crippen LogP contribution < -0.4 is 9.47 Å². The zero-order valence-electron chi connectivity index (χ0n) is 19.5. The number of halogens is 3. The molecule has 186 valence electrons. The molecular formula is C25H22F3N5O3. The van der Waals surface area contributed by atoms with Crippen molar-refractivity contribution in [2.75, 3.05) is 20.2 Å². The van der Waals surface area contributed by atoms with E-state index in [-0.39, 0.29) is 17.6 Å². The summed E-state index contributed by atoms with van der Waals surface area (Å²) in [6.07, 6.45) is 1.93. The zero-order chi connectivity index (χ0) is 25.4. The van der Waals surface area contributed by atoms with Crippen molar-refractivity contribution in [2.24, 2.45) is 7.05 Å². The molecule has 1 aliphatic rings. The number of alkyl halides is 3. The SMILES string of the molecule is COc1ncc(-c2ccnc3ccc(O[C@H]4CCN(C(=O)c5cn(C)cn5)C4)cc23)cc1C(F)(F)F. The zero-order valence-corrected chi connectivity index (χ0v) is 19.5. The van der Waals surface area contributed by atoms with E-state index in [1.165, 1.54) is 12.4 Å². The van der Waals surface area contributed by atoms with Gasteiger partial charge in [0.25, 0.3) is 5.91 Å². The fourth-order valence-corrected chi connectivity index (χ4v) is 4.30. The molecule has 4 heterocycles. The number of hydrogen-bond donors (Lipinski definition) is 0. The molecule has 1 fully saturated rings. The smallest absolute Gasteiger partial charge is 0.421 e. The maximum atomic E-state index is 13.5. The molecule has 0 aliphatic carbocycles. The van der Waals surface area contributed by atoms with Gasteiger partial charge in [-0.05, 0) is 35.9 Å². The van der Waals surface area contributed by atoms with Crippen molar-refractivity contribution in [1.29, 1.82) is 0 Å². The predicted octanol–water partition coefficient (Wildman–Crippen LogP) is 4.35. The number of carbonyl (C=O) groups is 1. The second kappa shape index (κ2) is 9.14. The molecule has 4 aromatic rings. The summed E-state index contributed by atoms with van der Waals surface area (Å²) in [4.78, 5) is 26.7. The van der Waals surface area contributed by atoms with Gasteiger partial charge in [-0.1, -0.05) is 0 Å². The predicted molar refractivity (Wildman–Crippen MR) is 125 cm³/mol. The highest BCUT2D eigenvalue weighted by molar-refractivity contribution is 5.95. The van der Waals surface area contributed by atoms with Gasteiger partial charge in [0, 0.05) is 49.6 Å². The van der Waals surface area contributed by atoms with Gasteiger partial charge in [-0.3, -0.25) is 9.78 Å². The minimum absolute atomic E-state index is 0.154. The summed E-state index contributed by atoms with van der Waals surface area (Å²) >= 11 is 0. The molecule has 0 N–H and O–H groups in total. The number of methoxy groups -OCH3 is 1. The molecule has 1 aromatic carbocycles. The van der Waals surface area contributed by atoms with Crippen LogP contribution in [0.2, 0.25) is 0 Å². The molecule has 1 amide bonds. The third-order valence-electron chi connectivity index (χ3n) is 6.03. The number of imidazole rings is 1. The number of benzene rings is 1. The number of carbonyl (C=O) groups excluding carboxylic acids is 1. The van der Waals surface area contributed by atoms with E-state index < -0.39 is 17.6 Å². The van der Waals surface area contributed by atoms with Gasteiger partial charge in [-0.15, -0.1) is 0 Å². The summed E-state index contributed by atoms with van der Waals surface area (Å²) in [6.45, 7) is 0.947. The first kappa shape index (κ1) is 23.6. The molecule has 0 unspecified atom stereocenters. The Morgan fingerprint density at radius 2 is 1.97 bits per heavy atom. The Morgan fingerprint density at radius 1 is 1.14 bits per heavy atom. The van der Waals surface area contributed by atoms with E-state index in [9.17, 15) is 18.0 Å². The lowest BCUT2D eigenvalue weighted by molar-refractivity contribution is -0.139. The number of aryl methyl sites for hydroxylation is 1. The third kappa shape index (κ3) is 4.56. The Bertz CT molecular complexity index is 1440. The summed E-state index contributed by atoms with van der Waals surface area (Å²) in [5.74, 6) is -0.106. The molecule has 0 radical (unpaired) electrons. The molecule has 0 saturated carbocycles. The van der Waals surface area contributed by atoms with Crippen LogP contribution in [0.3, 0.4) is 0 Å². The monoisotopic (exact) mass is 497 g/mol. The van der Waals surface area contributed by atoms with E-state index in [1.54, 1.807) is 53.3 Å². The lowest BCUT2D eigenvalue weighted by Crippen LogP contribution is -2.31. The third-order valence-corrected chi connectivity index (χ3v) is 6.03. The Balaban J connectivity index is 1.41. The molecular weight excluding hydrogens is 475 g/mol.